The topological polar surface area (TPSA) is 38.5 Å². The molecule has 3 heterocycles. The van der Waals surface area contributed by atoms with Crippen molar-refractivity contribution in [3.63, 3.8) is 0 Å². The van der Waals surface area contributed by atoms with Gasteiger partial charge in [0.1, 0.15) is 17.2 Å². The van der Waals surface area contributed by atoms with Gasteiger partial charge in [-0.1, -0.05) is 6.07 Å². The fourth-order valence-corrected chi connectivity index (χ4v) is 4.27. The number of nitrogens with two attached hydrogens (primary N) is 1. The van der Waals surface area contributed by atoms with Gasteiger partial charge >= 0.3 is 0 Å². The molecular formula is C16H21FN2O. The van der Waals surface area contributed by atoms with E-state index in [0.717, 1.165) is 31.4 Å². The van der Waals surface area contributed by atoms with Gasteiger partial charge < -0.3 is 15.4 Å². The van der Waals surface area contributed by atoms with Gasteiger partial charge in [0.15, 0.2) is 0 Å². The van der Waals surface area contributed by atoms with E-state index in [1.54, 1.807) is 6.07 Å². The molecule has 4 rings (SSSR count). The van der Waals surface area contributed by atoms with Crippen molar-refractivity contribution in [2.75, 3.05) is 13.1 Å². The molecule has 3 unspecified atom stereocenters. The summed E-state index contributed by atoms with van der Waals surface area (Å²) < 4.78 is 19.7. The average Bonchev–Trinajstić information content (AvgIpc) is 2.85. The molecule has 3 atom stereocenters. The molecule has 3 aliphatic heterocycles. The minimum absolute atomic E-state index is 0.0349. The number of piperidine rings is 1. The molecule has 1 aromatic carbocycles. The molecule has 1 aromatic rings. The lowest BCUT2D eigenvalue weighted by molar-refractivity contribution is -0.0360. The van der Waals surface area contributed by atoms with Gasteiger partial charge in [0, 0.05) is 43.1 Å². The van der Waals surface area contributed by atoms with Gasteiger partial charge in [-0.2, -0.15) is 0 Å². The standard InChI is InChI=1S/C16H21FN2O/c17-11-3-4-13-14(18)10-16(20-15(13)8-11)5-7-19-6-1-2-12(19)9-16/h3-4,8,12,14H,1-2,5-7,9-10,18H2. The largest absolute Gasteiger partial charge is 0.487 e. The molecule has 0 aromatic heterocycles. The van der Waals surface area contributed by atoms with Crippen molar-refractivity contribution in [2.24, 2.45) is 5.73 Å². The van der Waals surface area contributed by atoms with E-state index < -0.39 is 0 Å². The minimum atomic E-state index is -0.244. The predicted molar refractivity (Wildman–Crippen MR) is 75.1 cm³/mol. The molecule has 0 bridgehead atoms. The highest BCUT2D eigenvalue weighted by molar-refractivity contribution is 5.39. The van der Waals surface area contributed by atoms with Crippen LogP contribution in [0.15, 0.2) is 18.2 Å². The van der Waals surface area contributed by atoms with E-state index in [9.17, 15) is 4.39 Å². The van der Waals surface area contributed by atoms with Crippen molar-refractivity contribution in [3.8, 4) is 5.75 Å². The van der Waals surface area contributed by atoms with E-state index >= 15 is 0 Å². The molecule has 0 radical (unpaired) electrons. The van der Waals surface area contributed by atoms with Crippen LogP contribution in [0.25, 0.3) is 0 Å². The third-order valence-electron chi connectivity index (χ3n) is 5.25. The third kappa shape index (κ3) is 1.93. The lowest BCUT2D eigenvalue weighted by Crippen LogP contribution is -2.53. The van der Waals surface area contributed by atoms with E-state index in [0.29, 0.717) is 11.8 Å². The number of hydrogen-bond donors (Lipinski definition) is 1. The molecule has 0 amide bonds. The fourth-order valence-electron chi connectivity index (χ4n) is 4.27. The van der Waals surface area contributed by atoms with Crippen LogP contribution in [0.3, 0.4) is 0 Å². The zero-order valence-corrected chi connectivity index (χ0v) is 11.6. The van der Waals surface area contributed by atoms with Gasteiger partial charge in [-0.15, -0.1) is 0 Å². The molecular weight excluding hydrogens is 255 g/mol. The second kappa shape index (κ2) is 4.43. The van der Waals surface area contributed by atoms with Crippen LogP contribution in [0.1, 0.15) is 43.7 Å². The van der Waals surface area contributed by atoms with Crippen LogP contribution < -0.4 is 10.5 Å². The van der Waals surface area contributed by atoms with Crippen molar-refractivity contribution in [1.82, 2.24) is 4.90 Å². The Morgan fingerprint density at radius 1 is 1.30 bits per heavy atom. The maximum atomic E-state index is 13.5. The Bertz CT molecular complexity index is 535. The Hall–Kier alpha value is -1.13. The van der Waals surface area contributed by atoms with Crippen LogP contribution in [0, 0.1) is 5.82 Å². The number of nitrogens with zero attached hydrogens (tertiary/aromatic N) is 1. The van der Waals surface area contributed by atoms with Crippen LogP contribution in [0.2, 0.25) is 0 Å². The van der Waals surface area contributed by atoms with Gasteiger partial charge in [-0.05, 0) is 31.9 Å². The molecule has 108 valence electrons. The second-order valence-electron chi connectivity index (χ2n) is 6.56. The Morgan fingerprint density at radius 2 is 2.20 bits per heavy atom. The van der Waals surface area contributed by atoms with Crippen molar-refractivity contribution in [3.05, 3.63) is 29.6 Å². The molecule has 2 N–H and O–H groups in total. The quantitative estimate of drug-likeness (QED) is 0.791. The van der Waals surface area contributed by atoms with Crippen LogP contribution in [0.5, 0.6) is 5.75 Å². The SMILES string of the molecule is NC1CC2(CCN3CCCC3C2)Oc2cc(F)ccc21. The molecule has 1 spiro atoms. The van der Waals surface area contributed by atoms with Gasteiger partial charge in [0.25, 0.3) is 0 Å². The summed E-state index contributed by atoms with van der Waals surface area (Å²) in [5.74, 6) is 0.418. The number of hydrogen-bond acceptors (Lipinski definition) is 3. The number of halogens is 1. The predicted octanol–water partition coefficient (Wildman–Crippen LogP) is 2.61. The van der Waals surface area contributed by atoms with Crippen LogP contribution in [-0.2, 0) is 0 Å². The molecule has 4 heteroatoms. The minimum Gasteiger partial charge on any atom is -0.487 e. The lowest BCUT2D eigenvalue weighted by Gasteiger charge is -2.48. The molecule has 3 nitrogen and oxygen atoms in total. The summed E-state index contributed by atoms with van der Waals surface area (Å²) in [5, 5.41) is 0. The molecule has 3 aliphatic rings. The maximum Gasteiger partial charge on any atom is 0.127 e. The summed E-state index contributed by atoms with van der Waals surface area (Å²) in [5.41, 5.74) is 7.10. The zero-order chi connectivity index (χ0) is 13.7. The van der Waals surface area contributed by atoms with E-state index in [4.69, 9.17) is 10.5 Å². The first-order valence-corrected chi connectivity index (χ1v) is 7.63. The van der Waals surface area contributed by atoms with Crippen LogP contribution >= 0.6 is 0 Å². The molecule has 20 heavy (non-hydrogen) atoms. The van der Waals surface area contributed by atoms with Crippen molar-refractivity contribution in [2.45, 2.75) is 49.8 Å². The molecule has 0 aliphatic carbocycles. The van der Waals surface area contributed by atoms with Crippen LogP contribution in [0.4, 0.5) is 4.39 Å². The maximum absolute atomic E-state index is 13.5. The Morgan fingerprint density at radius 3 is 3.10 bits per heavy atom. The van der Waals surface area contributed by atoms with Crippen molar-refractivity contribution >= 4 is 0 Å². The van der Waals surface area contributed by atoms with Gasteiger partial charge in [-0.25, -0.2) is 4.39 Å². The first kappa shape index (κ1) is 12.6. The smallest absolute Gasteiger partial charge is 0.127 e. The Kier molecular flexibility index (Phi) is 2.79. The number of rotatable bonds is 0. The van der Waals surface area contributed by atoms with Crippen molar-refractivity contribution in [1.29, 1.82) is 0 Å². The average molecular weight is 276 g/mol. The van der Waals surface area contributed by atoms with Gasteiger partial charge in [0.2, 0.25) is 0 Å². The Balaban J connectivity index is 1.64. The Labute approximate surface area is 118 Å². The summed E-state index contributed by atoms with van der Waals surface area (Å²) in [4.78, 5) is 2.57. The zero-order valence-electron chi connectivity index (χ0n) is 11.6. The van der Waals surface area contributed by atoms with Gasteiger partial charge in [-0.3, -0.25) is 0 Å². The van der Waals surface area contributed by atoms with E-state index in [2.05, 4.69) is 4.90 Å². The first-order valence-electron chi connectivity index (χ1n) is 7.63. The molecule has 0 saturated carbocycles. The van der Waals surface area contributed by atoms with E-state index in [1.165, 1.54) is 31.5 Å². The first-order chi connectivity index (χ1) is 9.65. The summed E-state index contributed by atoms with van der Waals surface area (Å²) >= 11 is 0. The summed E-state index contributed by atoms with van der Waals surface area (Å²) in [6.45, 7) is 2.31. The molecule has 2 fully saturated rings. The van der Waals surface area contributed by atoms with E-state index in [1.807, 2.05) is 0 Å². The summed E-state index contributed by atoms with van der Waals surface area (Å²) in [6.07, 6.45) is 5.45. The fraction of sp³-hybridized carbons (Fsp3) is 0.625. The second-order valence-corrected chi connectivity index (χ2v) is 6.56. The third-order valence-corrected chi connectivity index (χ3v) is 5.25. The highest BCUT2D eigenvalue weighted by atomic mass is 19.1. The van der Waals surface area contributed by atoms with Gasteiger partial charge in [0.05, 0.1) is 0 Å². The highest BCUT2D eigenvalue weighted by Crippen LogP contribution is 2.46. The lowest BCUT2D eigenvalue weighted by atomic mass is 9.78. The van der Waals surface area contributed by atoms with Crippen LogP contribution in [-0.4, -0.2) is 29.6 Å². The van der Waals surface area contributed by atoms with E-state index in [-0.39, 0.29) is 17.5 Å². The van der Waals surface area contributed by atoms with Crippen molar-refractivity contribution < 1.29 is 9.13 Å². The normalized spacial score (nSPS) is 36.5. The highest BCUT2D eigenvalue weighted by Gasteiger charge is 2.46. The monoisotopic (exact) mass is 276 g/mol. The summed E-state index contributed by atoms with van der Waals surface area (Å²) in [7, 11) is 0. The number of fused-ring (bicyclic) bond motifs is 2. The number of ether oxygens (including phenoxy) is 1. The molecule has 2 saturated heterocycles. The number of benzene rings is 1. The summed E-state index contributed by atoms with van der Waals surface area (Å²) in [6, 6.07) is 5.34.